The van der Waals surface area contributed by atoms with Crippen LogP contribution in [-0.2, 0) is 11.2 Å². The second-order valence-electron chi connectivity index (χ2n) is 7.96. The number of carbonyl (C=O) groups is 2. The molecule has 3 rings (SSSR count). The van der Waals surface area contributed by atoms with E-state index in [1.54, 1.807) is 6.92 Å². The average Bonchev–Trinajstić information content (AvgIpc) is 3.04. The van der Waals surface area contributed by atoms with Crippen LogP contribution in [0.25, 0.3) is 10.9 Å². The number of aromatic amines is 1. The number of aromatic nitrogens is 1. The summed E-state index contributed by atoms with van der Waals surface area (Å²) in [5, 5.41) is 15.9. The zero-order valence-corrected chi connectivity index (χ0v) is 16.0. The van der Waals surface area contributed by atoms with Crippen molar-refractivity contribution in [3.63, 3.8) is 0 Å². The first-order valence-electron chi connectivity index (χ1n) is 9.76. The smallest absolute Gasteiger partial charge is 0.405 e. The number of H-pyrrole nitrogens is 1. The third kappa shape index (κ3) is 4.43. The van der Waals surface area contributed by atoms with Crippen molar-refractivity contribution in [1.82, 2.24) is 15.6 Å². The van der Waals surface area contributed by atoms with Gasteiger partial charge in [-0.05, 0) is 44.2 Å². The van der Waals surface area contributed by atoms with Gasteiger partial charge in [-0.2, -0.15) is 0 Å². The predicted octanol–water partition coefficient (Wildman–Crippen LogP) is 3.82. The fourth-order valence-electron chi connectivity index (χ4n) is 4.19. The third-order valence-electron chi connectivity index (χ3n) is 5.82. The quantitative estimate of drug-likeness (QED) is 0.622. The minimum Gasteiger partial charge on any atom is -0.465 e. The highest BCUT2D eigenvalue weighted by molar-refractivity contribution is 5.91. The van der Waals surface area contributed by atoms with Gasteiger partial charge in [0.2, 0.25) is 5.91 Å². The molecule has 2 amide bonds. The summed E-state index contributed by atoms with van der Waals surface area (Å²) in [4.78, 5) is 27.7. The Labute approximate surface area is 159 Å². The lowest BCUT2D eigenvalue weighted by Gasteiger charge is -2.33. The topological polar surface area (TPSA) is 94.2 Å². The summed E-state index contributed by atoms with van der Waals surface area (Å²) in [6, 6.07) is 7.86. The van der Waals surface area contributed by atoms with Crippen molar-refractivity contribution in [2.24, 2.45) is 5.92 Å². The van der Waals surface area contributed by atoms with Crippen molar-refractivity contribution in [2.75, 3.05) is 0 Å². The van der Waals surface area contributed by atoms with Crippen LogP contribution in [-0.4, -0.2) is 33.7 Å². The van der Waals surface area contributed by atoms with E-state index in [1.165, 1.54) is 19.3 Å². The van der Waals surface area contributed by atoms with E-state index in [2.05, 4.69) is 15.6 Å². The molecular weight excluding hydrogens is 342 g/mol. The molecule has 6 heteroatoms. The van der Waals surface area contributed by atoms with E-state index < -0.39 is 11.6 Å². The van der Waals surface area contributed by atoms with E-state index in [-0.39, 0.29) is 18.4 Å². The van der Waals surface area contributed by atoms with Crippen LogP contribution >= 0.6 is 0 Å². The maximum absolute atomic E-state index is 13.1. The van der Waals surface area contributed by atoms with Crippen LogP contribution in [0, 0.1) is 5.92 Å². The van der Waals surface area contributed by atoms with Crippen LogP contribution in [0.1, 0.15) is 51.5 Å². The van der Waals surface area contributed by atoms with Crippen molar-refractivity contribution in [3.05, 3.63) is 36.0 Å². The number of benzene rings is 1. The Hall–Kier alpha value is -2.50. The lowest BCUT2D eigenvalue weighted by molar-refractivity contribution is -0.127. The highest BCUT2D eigenvalue weighted by Gasteiger charge is 2.37. The summed E-state index contributed by atoms with van der Waals surface area (Å²) >= 11 is 0. The molecular formula is C21H29N3O3. The maximum atomic E-state index is 13.1. The third-order valence-corrected chi connectivity index (χ3v) is 5.82. The molecule has 1 saturated carbocycles. The Balaban J connectivity index is 1.78. The van der Waals surface area contributed by atoms with Gasteiger partial charge in [-0.1, -0.05) is 37.5 Å². The Morgan fingerprint density at radius 3 is 2.67 bits per heavy atom. The molecule has 0 radical (unpaired) electrons. The molecule has 0 saturated heterocycles. The summed E-state index contributed by atoms with van der Waals surface area (Å²) < 4.78 is 0. The highest BCUT2D eigenvalue weighted by Crippen LogP contribution is 2.27. The number of fused-ring (bicyclic) bond motifs is 1. The summed E-state index contributed by atoms with van der Waals surface area (Å²) in [5.41, 5.74) is 0.656. The predicted molar refractivity (Wildman–Crippen MR) is 106 cm³/mol. The van der Waals surface area contributed by atoms with Crippen LogP contribution in [0.3, 0.4) is 0 Å². The Bertz CT molecular complexity index is 810. The molecule has 4 N–H and O–H groups in total. The molecule has 1 aliphatic carbocycles. The largest absolute Gasteiger partial charge is 0.465 e. The maximum Gasteiger partial charge on any atom is 0.405 e. The van der Waals surface area contributed by atoms with Crippen LogP contribution in [0.5, 0.6) is 0 Å². The molecule has 146 valence electrons. The number of para-hydroxylation sites is 1. The SMILES string of the molecule is C[C@@H](NC(=O)[C@@](C)(Cc1c[nH]c2ccccc12)NC(=O)O)C1CCCCC1. The molecule has 27 heavy (non-hydrogen) atoms. The molecule has 1 fully saturated rings. The standard InChI is InChI=1S/C21H29N3O3/c1-14(15-8-4-3-5-9-15)23-19(25)21(2,24-20(26)27)12-16-13-22-18-11-7-6-10-17(16)18/h6-7,10-11,13-15,22,24H,3-5,8-9,12H2,1-2H3,(H,23,25)(H,26,27)/t14-,21-/m1/s1. The van der Waals surface area contributed by atoms with E-state index in [0.29, 0.717) is 5.92 Å². The minimum atomic E-state index is -1.24. The van der Waals surface area contributed by atoms with Gasteiger partial charge in [0.15, 0.2) is 0 Å². The number of amides is 2. The van der Waals surface area contributed by atoms with E-state index in [9.17, 15) is 14.7 Å². The number of hydrogen-bond donors (Lipinski definition) is 4. The number of rotatable bonds is 6. The summed E-state index contributed by atoms with van der Waals surface area (Å²) in [5.74, 6) is 0.193. The van der Waals surface area contributed by atoms with Crippen molar-refractivity contribution in [3.8, 4) is 0 Å². The van der Waals surface area contributed by atoms with Crippen molar-refractivity contribution in [2.45, 2.75) is 64.0 Å². The van der Waals surface area contributed by atoms with Gasteiger partial charge < -0.3 is 20.7 Å². The molecule has 0 unspecified atom stereocenters. The average molecular weight is 371 g/mol. The number of carboxylic acid groups (broad SMARTS) is 1. The van der Waals surface area contributed by atoms with Gasteiger partial charge >= 0.3 is 6.09 Å². The summed E-state index contributed by atoms with van der Waals surface area (Å²) in [6.07, 6.45) is 6.83. The lowest BCUT2D eigenvalue weighted by Crippen LogP contribution is -2.60. The lowest BCUT2D eigenvalue weighted by atomic mass is 9.84. The van der Waals surface area contributed by atoms with Crippen LogP contribution in [0.2, 0.25) is 0 Å². The van der Waals surface area contributed by atoms with Crippen LogP contribution < -0.4 is 10.6 Å². The fourth-order valence-corrected chi connectivity index (χ4v) is 4.19. The van der Waals surface area contributed by atoms with Gasteiger partial charge in [0.1, 0.15) is 5.54 Å². The van der Waals surface area contributed by atoms with Gasteiger partial charge in [0.05, 0.1) is 0 Å². The Morgan fingerprint density at radius 2 is 1.96 bits per heavy atom. The molecule has 0 bridgehead atoms. The monoisotopic (exact) mass is 371 g/mol. The number of carbonyl (C=O) groups excluding carboxylic acids is 1. The van der Waals surface area contributed by atoms with Gasteiger partial charge in [0.25, 0.3) is 0 Å². The summed E-state index contributed by atoms with van der Waals surface area (Å²) in [6.45, 7) is 3.69. The normalized spacial score (nSPS) is 18.6. The van der Waals surface area contributed by atoms with E-state index in [4.69, 9.17) is 0 Å². The number of hydrogen-bond acceptors (Lipinski definition) is 2. The van der Waals surface area contributed by atoms with Gasteiger partial charge in [-0.25, -0.2) is 4.79 Å². The Morgan fingerprint density at radius 1 is 1.26 bits per heavy atom. The molecule has 6 nitrogen and oxygen atoms in total. The molecule has 1 aliphatic rings. The van der Waals surface area contributed by atoms with Gasteiger partial charge in [-0.3, -0.25) is 4.79 Å². The van der Waals surface area contributed by atoms with Crippen molar-refractivity contribution >= 4 is 22.9 Å². The second-order valence-corrected chi connectivity index (χ2v) is 7.96. The Kier molecular flexibility index (Phi) is 5.73. The van der Waals surface area contributed by atoms with Crippen LogP contribution in [0.4, 0.5) is 4.79 Å². The van der Waals surface area contributed by atoms with E-state index in [1.807, 2.05) is 37.4 Å². The van der Waals surface area contributed by atoms with E-state index in [0.717, 1.165) is 29.3 Å². The highest BCUT2D eigenvalue weighted by atomic mass is 16.4. The molecule has 1 aromatic carbocycles. The van der Waals surface area contributed by atoms with Crippen LogP contribution in [0.15, 0.2) is 30.5 Å². The first-order valence-corrected chi connectivity index (χ1v) is 9.76. The summed E-state index contributed by atoms with van der Waals surface area (Å²) in [7, 11) is 0. The molecule has 1 aromatic heterocycles. The number of nitrogens with one attached hydrogen (secondary N) is 3. The van der Waals surface area contributed by atoms with Gasteiger partial charge in [0, 0.05) is 29.6 Å². The zero-order valence-electron chi connectivity index (χ0n) is 16.0. The van der Waals surface area contributed by atoms with Gasteiger partial charge in [-0.15, -0.1) is 0 Å². The van der Waals surface area contributed by atoms with Crippen molar-refractivity contribution < 1.29 is 14.7 Å². The molecule has 1 heterocycles. The molecule has 2 atom stereocenters. The zero-order chi connectivity index (χ0) is 19.4. The fraction of sp³-hybridized carbons (Fsp3) is 0.524. The molecule has 2 aromatic rings. The first kappa shape index (κ1) is 19.3. The van der Waals surface area contributed by atoms with Crippen molar-refractivity contribution in [1.29, 1.82) is 0 Å². The molecule has 0 aliphatic heterocycles. The minimum absolute atomic E-state index is 0.0377. The second kappa shape index (κ2) is 8.03. The molecule has 0 spiro atoms. The van der Waals surface area contributed by atoms with E-state index >= 15 is 0 Å². The first-order chi connectivity index (χ1) is 12.9.